The van der Waals surface area contributed by atoms with Crippen LogP contribution in [-0.4, -0.2) is 0 Å². The van der Waals surface area contributed by atoms with Gasteiger partial charge in [0, 0.05) is 38.1 Å². The van der Waals surface area contributed by atoms with Crippen molar-refractivity contribution in [3.8, 4) is 22.3 Å². The second-order valence-corrected chi connectivity index (χ2v) is 15.5. The molecule has 1 heterocycles. The van der Waals surface area contributed by atoms with Gasteiger partial charge in [-0.05, 0) is 80.6 Å². The lowest BCUT2D eigenvalue weighted by atomic mass is 9.82. The molecule has 0 fully saturated rings. The SMILES string of the molecule is CC1(C)c2ccccc2-c2c(-c3ccccc3N(c3ccc(C4C=c5ccccc5=CC4)cc3)c3cccc4c3sc3ccccc34)cccc21. The third kappa shape index (κ3) is 4.74. The molecule has 244 valence electrons. The van der Waals surface area contributed by atoms with Crippen LogP contribution in [0.15, 0.2) is 158 Å². The van der Waals surface area contributed by atoms with Gasteiger partial charge >= 0.3 is 0 Å². The molecule has 10 rings (SSSR count). The van der Waals surface area contributed by atoms with Gasteiger partial charge in [-0.1, -0.05) is 153 Å². The standard InChI is InChI=1S/C49H37NS/c1-49(2)42-20-8-5-17-41(42)47-39(18-11-21-43(47)49)37-15-6-9-22-44(37)50(45-23-12-19-40-38-16-7-10-24-46(38)51-48(40)45)36-29-27-33(28-30-36)35-26-25-32-13-3-4-14-34(32)31-35/h3-25,27-31,35H,26H2,1-2H3. The first-order valence-electron chi connectivity index (χ1n) is 18.0. The Morgan fingerprint density at radius 1 is 0.549 bits per heavy atom. The van der Waals surface area contributed by atoms with Gasteiger partial charge in [0.1, 0.15) is 0 Å². The van der Waals surface area contributed by atoms with Crippen LogP contribution < -0.4 is 15.3 Å². The van der Waals surface area contributed by atoms with E-state index in [1.165, 1.54) is 80.9 Å². The summed E-state index contributed by atoms with van der Waals surface area (Å²) in [4.78, 5) is 2.51. The number of fused-ring (bicyclic) bond motifs is 7. The van der Waals surface area contributed by atoms with Crippen LogP contribution in [0.5, 0.6) is 0 Å². The van der Waals surface area contributed by atoms with Gasteiger partial charge in [-0.2, -0.15) is 0 Å². The highest BCUT2D eigenvalue weighted by molar-refractivity contribution is 7.26. The van der Waals surface area contributed by atoms with Gasteiger partial charge < -0.3 is 4.90 Å². The van der Waals surface area contributed by atoms with Crippen LogP contribution in [0.1, 0.15) is 42.9 Å². The van der Waals surface area contributed by atoms with Crippen molar-refractivity contribution >= 4 is 60.7 Å². The average molecular weight is 672 g/mol. The fourth-order valence-electron chi connectivity index (χ4n) is 8.68. The summed E-state index contributed by atoms with van der Waals surface area (Å²) < 4.78 is 2.61. The summed E-state index contributed by atoms with van der Waals surface area (Å²) in [6.07, 6.45) is 5.84. The largest absolute Gasteiger partial charge is 0.308 e. The third-order valence-electron chi connectivity index (χ3n) is 11.2. The van der Waals surface area contributed by atoms with Crippen molar-refractivity contribution in [3.05, 3.63) is 185 Å². The molecule has 2 aliphatic rings. The molecule has 0 bridgehead atoms. The Labute approximate surface area is 303 Å². The number of para-hydroxylation sites is 1. The molecule has 1 aromatic heterocycles. The number of rotatable bonds is 5. The molecule has 0 aliphatic heterocycles. The molecule has 7 aromatic carbocycles. The summed E-state index contributed by atoms with van der Waals surface area (Å²) in [7, 11) is 0. The summed E-state index contributed by atoms with van der Waals surface area (Å²) in [5.74, 6) is 0.357. The highest BCUT2D eigenvalue weighted by Crippen LogP contribution is 2.54. The van der Waals surface area contributed by atoms with Gasteiger partial charge in [-0.15, -0.1) is 11.3 Å². The van der Waals surface area contributed by atoms with Crippen molar-refractivity contribution in [2.75, 3.05) is 4.90 Å². The van der Waals surface area contributed by atoms with Gasteiger partial charge in [-0.25, -0.2) is 0 Å². The number of benzene rings is 7. The maximum Gasteiger partial charge on any atom is 0.0640 e. The van der Waals surface area contributed by atoms with E-state index in [4.69, 9.17) is 0 Å². The summed E-state index contributed by atoms with van der Waals surface area (Å²) >= 11 is 1.89. The lowest BCUT2D eigenvalue weighted by Crippen LogP contribution is -2.27. The molecule has 2 aliphatic carbocycles. The first-order valence-corrected chi connectivity index (χ1v) is 18.8. The minimum atomic E-state index is -0.0663. The Kier molecular flexibility index (Phi) is 6.91. The summed E-state index contributed by atoms with van der Waals surface area (Å²) in [5.41, 5.74) is 12.8. The molecule has 1 atom stereocenters. The Balaban J connectivity index is 1.19. The molecule has 0 amide bonds. The predicted molar refractivity (Wildman–Crippen MR) is 219 cm³/mol. The van der Waals surface area contributed by atoms with Gasteiger partial charge in [0.2, 0.25) is 0 Å². The molecule has 51 heavy (non-hydrogen) atoms. The molecule has 1 nitrogen and oxygen atoms in total. The molecule has 0 N–H and O–H groups in total. The number of hydrogen-bond acceptors (Lipinski definition) is 2. The summed E-state index contributed by atoms with van der Waals surface area (Å²) in [6, 6.07) is 58.6. The topological polar surface area (TPSA) is 3.24 Å². The van der Waals surface area contributed by atoms with Crippen molar-refractivity contribution in [2.24, 2.45) is 0 Å². The van der Waals surface area contributed by atoms with E-state index in [1.54, 1.807) is 0 Å². The first-order chi connectivity index (χ1) is 25.1. The monoisotopic (exact) mass is 671 g/mol. The minimum Gasteiger partial charge on any atom is -0.308 e. The summed E-state index contributed by atoms with van der Waals surface area (Å²) in [6.45, 7) is 4.73. The lowest BCUT2D eigenvalue weighted by Gasteiger charge is -2.29. The Morgan fingerprint density at radius 2 is 1.20 bits per heavy atom. The van der Waals surface area contributed by atoms with E-state index >= 15 is 0 Å². The van der Waals surface area contributed by atoms with E-state index in [9.17, 15) is 0 Å². The van der Waals surface area contributed by atoms with Crippen LogP contribution in [0.2, 0.25) is 0 Å². The highest BCUT2D eigenvalue weighted by Gasteiger charge is 2.37. The normalized spacial score (nSPS) is 15.5. The molecule has 0 saturated heterocycles. The average Bonchev–Trinajstić information content (AvgIpc) is 3.68. The molecule has 0 spiro atoms. The quantitative estimate of drug-likeness (QED) is 0.176. The second kappa shape index (κ2) is 11.7. The fraction of sp³-hybridized carbons (Fsp3) is 0.102. The van der Waals surface area contributed by atoms with Gasteiger partial charge in [0.25, 0.3) is 0 Å². The zero-order valence-electron chi connectivity index (χ0n) is 28.8. The predicted octanol–water partition coefficient (Wildman–Crippen LogP) is 12.2. The number of anilines is 3. The van der Waals surface area contributed by atoms with Crippen molar-refractivity contribution < 1.29 is 0 Å². The van der Waals surface area contributed by atoms with Crippen LogP contribution in [0.4, 0.5) is 17.1 Å². The smallest absolute Gasteiger partial charge is 0.0640 e. The van der Waals surface area contributed by atoms with E-state index in [0.29, 0.717) is 5.92 Å². The Bertz CT molecular complexity index is 2770. The van der Waals surface area contributed by atoms with Crippen molar-refractivity contribution in [1.82, 2.24) is 0 Å². The maximum absolute atomic E-state index is 2.51. The second-order valence-electron chi connectivity index (χ2n) is 14.4. The zero-order valence-corrected chi connectivity index (χ0v) is 29.6. The first kappa shape index (κ1) is 30.2. The molecule has 0 saturated carbocycles. The van der Waals surface area contributed by atoms with Crippen LogP contribution in [0.25, 0.3) is 54.6 Å². The number of thiophene rings is 1. The van der Waals surface area contributed by atoms with E-state index in [-0.39, 0.29) is 5.41 Å². The zero-order chi connectivity index (χ0) is 34.1. The lowest BCUT2D eigenvalue weighted by molar-refractivity contribution is 0.660. The third-order valence-corrected chi connectivity index (χ3v) is 12.4. The Hall–Kier alpha value is -5.70. The number of nitrogens with zero attached hydrogens (tertiary/aromatic N) is 1. The van der Waals surface area contributed by atoms with Crippen LogP contribution in [0, 0.1) is 0 Å². The van der Waals surface area contributed by atoms with Crippen LogP contribution >= 0.6 is 11.3 Å². The highest BCUT2D eigenvalue weighted by atomic mass is 32.1. The van der Waals surface area contributed by atoms with Gasteiger partial charge in [-0.3, -0.25) is 0 Å². The molecule has 1 unspecified atom stereocenters. The molecule has 0 radical (unpaired) electrons. The van der Waals surface area contributed by atoms with Crippen molar-refractivity contribution in [3.63, 3.8) is 0 Å². The van der Waals surface area contributed by atoms with Gasteiger partial charge in [0.15, 0.2) is 0 Å². The van der Waals surface area contributed by atoms with Crippen LogP contribution in [0.3, 0.4) is 0 Å². The van der Waals surface area contributed by atoms with E-state index in [2.05, 4.69) is 189 Å². The van der Waals surface area contributed by atoms with Crippen molar-refractivity contribution in [1.29, 1.82) is 0 Å². The maximum atomic E-state index is 2.51. The van der Waals surface area contributed by atoms with E-state index in [1.807, 2.05) is 11.3 Å². The fourth-order valence-corrected chi connectivity index (χ4v) is 9.89. The van der Waals surface area contributed by atoms with Gasteiger partial charge in [0.05, 0.1) is 16.1 Å². The molecule has 2 heteroatoms. The molecule has 8 aromatic rings. The molecular weight excluding hydrogens is 635 g/mol. The van der Waals surface area contributed by atoms with E-state index < -0.39 is 0 Å². The minimum absolute atomic E-state index is 0.0663. The van der Waals surface area contributed by atoms with Crippen molar-refractivity contribution in [2.45, 2.75) is 31.6 Å². The Morgan fingerprint density at radius 3 is 2.08 bits per heavy atom. The number of hydrogen-bond donors (Lipinski definition) is 0. The van der Waals surface area contributed by atoms with Crippen LogP contribution in [-0.2, 0) is 5.41 Å². The summed E-state index contributed by atoms with van der Waals surface area (Å²) in [5, 5.41) is 5.27. The van der Waals surface area contributed by atoms with E-state index in [0.717, 1.165) is 12.1 Å². The molecular formula is C49H37NS.